The Bertz CT molecular complexity index is 206. The van der Waals surface area contributed by atoms with Crippen LogP contribution in [0.15, 0.2) is 0 Å². The molecule has 0 N–H and O–H groups in total. The molecule has 52 valence electrons. The predicted octanol–water partition coefficient (Wildman–Crippen LogP) is 1.86. The molecule has 2 heteroatoms. The Morgan fingerprint density at radius 3 is 2.40 bits per heavy atom. The molecule has 4 aliphatic rings. The predicted molar refractivity (Wildman–Crippen MR) is 40.2 cm³/mol. The van der Waals surface area contributed by atoms with Gasteiger partial charge in [-0.25, -0.2) is 0 Å². The van der Waals surface area contributed by atoms with Gasteiger partial charge in [0.25, 0.3) is 0 Å². The number of hydrogen-bond acceptors (Lipinski definition) is 2. The zero-order valence-corrected chi connectivity index (χ0v) is 6.47. The van der Waals surface area contributed by atoms with Crippen molar-refractivity contribution in [2.24, 2.45) is 23.7 Å². The molecule has 0 aromatic heterocycles. The zero-order chi connectivity index (χ0) is 6.72. The third-order valence-corrected chi connectivity index (χ3v) is 4.66. The van der Waals surface area contributed by atoms with Crippen molar-refractivity contribution in [2.75, 3.05) is 0 Å². The molecule has 4 fully saturated rings. The lowest BCUT2D eigenvalue weighted by molar-refractivity contribution is 0.616. The Morgan fingerprint density at radius 1 is 1.30 bits per heavy atom. The van der Waals surface area contributed by atoms with Crippen LogP contribution in [-0.4, -0.2) is 5.25 Å². The number of nitriles is 1. The van der Waals surface area contributed by atoms with Gasteiger partial charge in [-0.05, 0) is 48.3 Å². The summed E-state index contributed by atoms with van der Waals surface area (Å²) in [6, 6.07) is 0. The molecular formula is C8H9NS. The summed E-state index contributed by atoms with van der Waals surface area (Å²) in [6.45, 7) is 0. The van der Waals surface area contributed by atoms with Crippen LogP contribution in [0.25, 0.3) is 0 Å². The van der Waals surface area contributed by atoms with Crippen molar-refractivity contribution in [3.63, 3.8) is 0 Å². The minimum Gasteiger partial charge on any atom is -0.185 e. The second-order valence-electron chi connectivity index (χ2n) is 3.81. The van der Waals surface area contributed by atoms with Crippen LogP contribution in [0.5, 0.6) is 0 Å². The van der Waals surface area contributed by atoms with E-state index >= 15 is 0 Å². The first-order valence-electron chi connectivity index (χ1n) is 3.96. The van der Waals surface area contributed by atoms with E-state index in [9.17, 15) is 0 Å². The van der Waals surface area contributed by atoms with Gasteiger partial charge in [-0.2, -0.15) is 5.26 Å². The molecule has 0 aliphatic heterocycles. The van der Waals surface area contributed by atoms with Crippen LogP contribution >= 0.6 is 11.8 Å². The third-order valence-electron chi connectivity index (χ3n) is 3.58. The largest absolute Gasteiger partial charge is 0.185 e. The summed E-state index contributed by atoms with van der Waals surface area (Å²) >= 11 is 1.54. The van der Waals surface area contributed by atoms with E-state index in [0.29, 0.717) is 0 Å². The highest BCUT2D eigenvalue weighted by Gasteiger charge is 2.68. The van der Waals surface area contributed by atoms with E-state index in [1.54, 1.807) is 11.8 Å². The van der Waals surface area contributed by atoms with Crippen molar-refractivity contribution in [1.82, 2.24) is 0 Å². The Labute approximate surface area is 64.8 Å². The van der Waals surface area contributed by atoms with E-state index in [-0.39, 0.29) is 0 Å². The average Bonchev–Trinajstić information content (AvgIpc) is 2.38. The first-order valence-corrected chi connectivity index (χ1v) is 4.84. The molecule has 4 rings (SSSR count). The third kappa shape index (κ3) is 0.441. The van der Waals surface area contributed by atoms with Crippen LogP contribution in [-0.2, 0) is 0 Å². The van der Waals surface area contributed by atoms with Gasteiger partial charge in [0.2, 0.25) is 0 Å². The fourth-order valence-electron chi connectivity index (χ4n) is 3.24. The Morgan fingerprint density at radius 2 is 2.00 bits per heavy atom. The second kappa shape index (κ2) is 1.53. The maximum atomic E-state index is 8.51. The molecule has 1 nitrogen and oxygen atoms in total. The highest BCUT2D eigenvalue weighted by Crippen LogP contribution is 2.73. The summed E-state index contributed by atoms with van der Waals surface area (Å²) in [7, 11) is 0. The van der Waals surface area contributed by atoms with Crippen LogP contribution in [0.2, 0.25) is 0 Å². The lowest BCUT2D eigenvalue weighted by atomic mass is 10.1. The van der Waals surface area contributed by atoms with Crippen molar-refractivity contribution in [3.8, 4) is 5.40 Å². The van der Waals surface area contributed by atoms with Gasteiger partial charge in [0.15, 0.2) is 0 Å². The van der Waals surface area contributed by atoms with Crippen molar-refractivity contribution >= 4 is 11.8 Å². The van der Waals surface area contributed by atoms with Crippen LogP contribution in [0, 0.1) is 34.3 Å². The lowest BCUT2D eigenvalue weighted by Gasteiger charge is -2.07. The summed E-state index contributed by atoms with van der Waals surface area (Å²) in [5.41, 5.74) is 0. The number of rotatable bonds is 1. The van der Waals surface area contributed by atoms with Gasteiger partial charge in [0, 0.05) is 5.25 Å². The summed E-state index contributed by atoms with van der Waals surface area (Å²) in [5, 5.41) is 11.5. The monoisotopic (exact) mass is 151 g/mol. The van der Waals surface area contributed by atoms with Gasteiger partial charge in [0.1, 0.15) is 5.40 Å². The van der Waals surface area contributed by atoms with Gasteiger partial charge < -0.3 is 0 Å². The standard InChI is InChI=1S/C8H9NS/c9-3-10-8-4-1-5-6(2-4)7(5)8/h4-8H,1-2H2. The number of thioether (sulfide) groups is 1. The van der Waals surface area contributed by atoms with E-state index in [1.807, 2.05) is 0 Å². The molecule has 4 bridgehead atoms. The van der Waals surface area contributed by atoms with Gasteiger partial charge in [-0.1, -0.05) is 0 Å². The molecular weight excluding hydrogens is 142 g/mol. The lowest BCUT2D eigenvalue weighted by Crippen LogP contribution is -2.05. The highest BCUT2D eigenvalue weighted by atomic mass is 32.2. The van der Waals surface area contributed by atoms with Crippen molar-refractivity contribution in [1.29, 1.82) is 5.26 Å². The quantitative estimate of drug-likeness (QED) is 0.534. The molecule has 0 aromatic rings. The number of hydrogen-bond donors (Lipinski definition) is 0. The number of nitrogens with zero attached hydrogens (tertiary/aromatic N) is 1. The summed E-state index contributed by atoms with van der Waals surface area (Å²) in [4.78, 5) is 0. The molecule has 0 spiro atoms. The topological polar surface area (TPSA) is 23.8 Å². The van der Waals surface area contributed by atoms with E-state index < -0.39 is 0 Å². The minimum absolute atomic E-state index is 0.750. The Hall–Kier alpha value is -0.160. The smallest absolute Gasteiger partial charge is 0.133 e. The van der Waals surface area contributed by atoms with Gasteiger partial charge in [-0.15, -0.1) is 0 Å². The zero-order valence-electron chi connectivity index (χ0n) is 5.66. The molecule has 4 aliphatic carbocycles. The van der Waals surface area contributed by atoms with Crippen molar-refractivity contribution in [2.45, 2.75) is 18.1 Å². The van der Waals surface area contributed by atoms with E-state index in [2.05, 4.69) is 5.40 Å². The van der Waals surface area contributed by atoms with Gasteiger partial charge >= 0.3 is 0 Å². The van der Waals surface area contributed by atoms with Crippen LogP contribution in [0.4, 0.5) is 0 Å². The normalized spacial score (nSPS) is 60.5. The van der Waals surface area contributed by atoms with Gasteiger partial charge in [0.05, 0.1) is 0 Å². The fourth-order valence-corrected chi connectivity index (χ4v) is 4.34. The number of thiocyanates is 1. The summed E-state index contributed by atoms with van der Waals surface area (Å²) < 4.78 is 0. The van der Waals surface area contributed by atoms with Crippen LogP contribution in [0.1, 0.15) is 12.8 Å². The first kappa shape index (κ1) is 5.49. The van der Waals surface area contributed by atoms with Crippen LogP contribution < -0.4 is 0 Å². The fraction of sp³-hybridized carbons (Fsp3) is 0.875. The molecule has 0 heterocycles. The van der Waals surface area contributed by atoms with Crippen molar-refractivity contribution in [3.05, 3.63) is 0 Å². The van der Waals surface area contributed by atoms with Crippen LogP contribution in [0.3, 0.4) is 0 Å². The molecule has 0 radical (unpaired) electrons. The van der Waals surface area contributed by atoms with E-state index in [4.69, 9.17) is 5.26 Å². The molecule has 3 atom stereocenters. The molecule has 3 unspecified atom stereocenters. The molecule has 10 heavy (non-hydrogen) atoms. The maximum absolute atomic E-state index is 8.51. The molecule has 4 saturated carbocycles. The Balaban J connectivity index is 1.86. The second-order valence-corrected chi connectivity index (χ2v) is 4.77. The molecule has 0 saturated heterocycles. The van der Waals surface area contributed by atoms with Crippen molar-refractivity contribution < 1.29 is 0 Å². The molecule has 0 aromatic carbocycles. The average molecular weight is 151 g/mol. The summed E-state index contributed by atoms with van der Waals surface area (Å²) in [5.74, 6) is 4.05. The van der Waals surface area contributed by atoms with Gasteiger partial charge in [-0.3, -0.25) is 0 Å². The first-order chi connectivity index (χ1) is 4.92. The minimum atomic E-state index is 0.750. The maximum Gasteiger partial charge on any atom is 0.133 e. The van der Waals surface area contributed by atoms with E-state index in [1.165, 1.54) is 12.8 Å². The van der Waals surface area contributed by atoms with E-state index in [0.717, 1.165) is 28.9 Å². The Kier molecular flexibility index (Phi) is 0.840. The SMILES string of the molecule is N#CSC1C2CC3C(C2)C31. The highest BCUT2D eigenvalue weighted by molar-refractivity contribution is 8.04. The molecule has 0 amide bonds. The summed E-state index contributed by atoms with van der Waals surface area (Å²) in [6.07, 6.45) is 2.91.